The van der Waals surface area contributed by atoms with Gasteiger partial charge in [-0.15, -0.1) is 0 Å². The lowest BCUT2D eigenvalue weighted by Crippen LogP contribution is -2.47. The number of amides is 1. The van der Waals surface area contributed by atoms with Crippen molar-refractivity contribution in [1.82, 2.24) is 10.6 Å². The molecular weight excluding hydrogens is 212 g/mol. The van der Waals surface area contributed by atoms with Crippen LogP contribution in [0.5, 0.6) is 0 Å². The smallest absolute Gasteiger partial charge is 0.220 e. The van der Waals surface area contributed by atoms with Crippen LogP contribution in [0.4, 0.5) is 0 Å². The molecule has 0 aromatic rings. The van der Waals surface area contributed by atoms with Gasteiger partial charge in [0.2, 0.25) is 5.91 Å². The molecule has 1 fully saturated rings. The topological polar surface area (TPSA) is 41.1 Å². The summed E-state index contributed by atoms with van der Waals surface area (Å²) in [6.45, 7) is 11.9. The summed E-state index contributed by atoms with van der Waals surface area (Å²) in [6.07, 6.45) is 2.75. The van der Waals surface area contributed by atoms with E-state index in [0.717, 1.165) is 19.4 Å². The number of piperidine rings is 1. The van der Waals surface area contributed by atoms with E-state index in [0.29, 0.717) is 24.4 Å². The van der Waals surface area contributed by atoms with Crippen LogP contribution in [-0.4, -0.2) is 24.5 Å². The molecule has 3 nitrogen and oxygen atoms in total. The number of carbonyl (C=O) groups is 1. The second-order valence-corrected chi connectivity index (χ2v) is 6.62. The van der Waals surface area contributed by atoms with Crippen molar-refractivity contribution < 1.29 is 4.79 Å². The Balaban J connectivity index is 2.34. The largest absolute Gasteiger partial charge is 0.353 e. The van der Waals surface area contributed by atoms with Gasteiger partial charge >= 0.3 is 0 Å². The third kappa shape index (κ3) is 5.07. The van der Waals surface area contributed by atoms with Crippen molar-refractivity contribution in [3.05, 3.63) is 0 Å². The van der Waals surface area contributed by atoms with E-state index in [2.05, 4.69) is 45.3 Å². The van der Waals surface area contributed by atoms with Crippen molar-refractivity contribution in [3.63, 3.8) is 0 Å². The maximum Gasteiger partial charge on any atom is 0.220 e. The van der Waals surface area contributed by atoms with Gasteiger partial charge in [-0.1, -0.05) is 27.7 Å². The highest BCUT2D eigenvalue weighted by molar-refractivity contribution is 5.76. The van der Waals surface area contributed by atoms with Gasteiger partial charge in [-0.05, 0) is 37.6 Å². The van der Waals surface area contributed by atoms with Gasteiger partial charge in [-0.3, -0.25) is 4.79 Å². The predicted molar refractivity (Wildman–Crippen MR) is 71.9 cm³/mol. The number of carbonyl (C=O) groups excluding carboxylic acids is 1. The summed E-state index contributed by atoms with van der Waals surface area (Å²) >= 11 is 0. The lowest BCUT2D eigenvalue weighted by molar-refractivity contribution is -0.123. The van der Waals surface area contributed by atoms with E-state index >= 15 is 0 Å². The number of rotatable bonds is 3. The Morgan fingerprint density at radius 1 is 1.47 bits per heavy atom. The summed E-state index contributed by atoms with van der Waals surface area (Å²) in [5.41, 5.74) is 0.207. The quantitative estimate of drug-likeness (QED) is 0.795. The highest BCUT2D eigenvalue weighted by Gasteiger charge is 2.25. The molecule has 1 rings (SSSR count). The molecule has 2 N–H and O–H groups in total. The van der Waals surface area contributed by atoms with E-state index in [1.54, 1.807) is 0 Å². The molecule has 1 aliphatic rings. The van der Waals surface area contributed by atoms with Crippen LogP contribution in [-0.2, 0) is 4.79 Å². The Morgan fingerprint density at radius 2 is 2.12 bits per heavy atom. The molecule has 1 amide bonds. The van der Waals surface area contributed by atoms with Gasteiger partial charge in [0, 0.05) is 18.5 Å². The van der Waals surface area contributed by atoms with E-state index in [4.69, 9.17) is 0 Å². The average molecular weight is 240 g/mol. The lowest BCUT2D eigenvalue weighted by Gasteiger charge is -2.31. The second-order valence-electron chi connectivity index (χ2n) is 6.62. The summed E-state index contributed by atoms with van der Waals surface area (Å²) in [5, 5.41) is 6.57. The van der Waals surface area contributed by atoms with Crippen molar-refractivity contribution in [3.8, 4) is 0 Å². The molecule has 3 atom stereocenters. The molecule has 0 spiro atoms. The van der Waals surface area contributed by atoms with Crippen LogP contribution in [0.15, 0.2) is 0 Å². The molecule has 0 bridgehead atoms. The minimum Gasteiger partial charge on any atom is -0.353 e. The molecule has 1 aliphatic heterocycles. The molecule has 3 unspecified atom stereocenters. The second kappa shape index (κ2) is 5.85. The van der Waals surface area contributed by atoms with E-state index in [-0.39, 0.29) is 11.3 Å². The Morgan fingerprint density at radius 3 is 2.65 bits per heavy atom. The molecule has 0 radical (unpaired) electrons. The summed E-state index contributed by atoms with van der Waals surface area (Å²) in [6, 6.07) is 0.889. The van der Waals surface area contributed by atoms with Crippen LogP contribution < -0.4 is 10.6 Å². The zero-order valence-electron chi connectivity index (χ0n) is 12.0. The molecule has 1 heterocycles. The molecule has 0 aliphatic carbocycles. The standard InChI is InChI=1S/C14H28N2O/c1-10(14(3,4)5)8-13(17)16-12-6-7-15-11(2)9-12/h10-12,15H,6-9H2,1-5H3,(H,16,17). The monoisotopic (exact) mass is 240 g/mol. The first kappa shape index (κ1) is 14.5. The molecular formula is C14H28N2O. The van der Waals surface area contributed by atoms with Crippen LogP contribution in [0.2, 0.25) is 0 Å². The molecule has 0 saturated carbocycles. The van der Waals surface area contributed by atoms with E-state index < -0.39 is 0 Å². The van der Waals surface area contributed by atoms with E-state index in [1.807, 2.05) is 0 Å². The van der Waals surface area contributed by atoms with Gasteiger partial charge in [0.1, 0.15) is 0 Å². The SMILES string of the molecule is CC1CC(NC(=O)CC(C)C(C)(C)C)CCN1. The van der Waals surface area contributed by atoms with Crippen molar-refractivity contribution in [2.24, 2.45) is 11.3 Å². The van der Waals surface area contributed by atoms with Gasteiger partial charge < -0.3 is 10.6 Å². The zero-order valence-corrected chi connectivity index (χ0v) is 12.0. The fourth-order valence-corrected chi connectivity index (χ4v) is 2.13. The predicted octanol–water partition coefficient (Wildman–Crippen LogP) is 2.32. The highest BCUT2D eigenvalue weighted by Crippen LogP contribution is 2.27. The first-order valence-electron chi connectivity index (χ1n) is 6.81. The van der Waals surface area contributed by atoms with Gasteiger partial charge in [0.25, 0.3) is 0 Å². The van der Waals surface area contributed by atoms with Gasteiger partial charge in [0.15, 0.2) is 0 Å². The highest BCUT2D eigenvalue weighted by atomic mass is 16.1. The Hall–Kier alpha value is -0.570. The van der Waals surface area contributed by atoms with Crippen LogP contribution in [0.25, 0.3) is 0 Å². The number of hydrogen-bond acceptors (Lipinski definition) is 2. The van der Waals surface area contributed by atoms with E-state index in [1.165, 1.54) is 0 Å². The zero-order chi connectivity index (χ0) is 13.1. The fraction of sp³-hybridized carbons (Fsp3) is 0.929. The third-order valence-electron chi connectivity index (χ3n) is 3.96. The first-order valence-corrected chi connectivity index (χ1v) is 6.81. The summed E-state index contributed by atoms with van der Waals surface area (Å²) in [4.78, 5) is 11.9. The maximum atomic E-state index is 11.9. The third-order valence-corrected chi connectivity index (χ3v) is 3.96. The Bertz CT molecular complexity index is 257. The molecule has 0 aromatic heterocycles. The summed E-state index contributed by atoms with van der Waals surface area (Å²) in [5.74, 6) is 0.633. The minimum absolute atomic E-state index is 0.207. The first-order chi connectivity index (χ1) is 7.79. The van der Waals surface area contributed by atoms with Gasteiger partial charge in [-0.2, -0.15) is 0 Å². The van der Waals surface area contributed by atoms with Crippen LogP contribution in [0.3, 0.4) is 0 Å². The minimum atomic E-state index is 0.207. The van der Waals surface area contributed by atoms with Crippen LogP contribution >= 0.6 is 0 Å². The molecule has 0 aromatic carbocycles. The van der Waals surface area contributed by atoms with Gasteiger partial charge in [-0.25, -0.2) is 0 Å². The van der Waals surface area contributed by atoms with Crippen molar-refractivity contribution in [2.45, 2.75) is 66.0 Å². The van der Waals surface area contributed by atoms with E-state index in [9.17, 15) is 4.79 Å². The normalized spacial score (nSPS) is 27.6. The summed E-state index contributed by atoms with van der Waals surface area (Å²) in [7, 11) is 0. The Kier molecular flexibility index (Phi) is 4.99. The van der Waals surface area contributed by atoms with Crippen LogP contribution in [0.1, 0.15) is 53.9 Å². The lowest BCUT2D eigenvalue weighted by atomic mass is 9.80. The molecule has 17 heavy (non-hydrogen) atoms. The van der Waals surface area contributed by atoms with Gasteiger partial charge in [0.05, 0.1) is 0 Å². The summed E-state index contributed by atoms with van der Waals surface area (Å²) < 4.78 is 0. The van der Waals surface area contributed by atoms with Crippen LogP contribution in [0, 0.1) is 11.3 Å². The number of hydrogen-bond donors (Lipinski definition) is 2. The number of nitrogens with one attached hydrogen (secondary N) is 2. The molecule has 100 valence electrons. The fourth-order valence-electron chi connectivity index (χ4n) is 2.13. The molecule has 3 heteroatoms. The molecule has 1 saturated heterocycles. The van der Waals surface area contributed by atoms with Crippen molar-refractivity contribution in [1.29, 1.82) is 0 Å². The van der Waals surface area contributed by atoms with Crippen molar-refractivity contribution >= 4 is 5.91 Å². The Labute approximate surface area is 106 Å². The maximum absolute atomic E-state index is 11.9. The van der Waals surface area contributed by atoms with Crippen molar-refractivity contribution in [2.75, 3.05) is 6.54 Å². The average Bonchev–Trinajstić information content (AvgIpc) is 2.15.